The maximum Gasteiger partial charge on any atom is 0.175 e. The fourth-order valence-electron chi connectivity index (χ4n) is 1.91. The predicted octanol–water partition coefficient (Wildman–Crippen LogP) is 4.01. The molecule has 0 saturated carbocycles. The summed E-state index contributed by atoms with van der Waals surface area (Å²) in [6.45, 7) is 8.73. The van der Waals surface area contributed by atoms with Crippen LogP contribution >= 0.6 is 15.9 Å². The molecule has 20 heavy (non-hydrogen) atoms. The van der Waals surface area contributed by atoms with E-state index in [4.69, 9.17) is 9.47 Å². The van der Waals surface area contributed by atoms with E-state index in [0.717, 1.165) is 34.5 Å². The highest BCUT2D eigenvalue weighted by Gasteiger charge is 2.14. The summed E-state index contributed by atoms with van der Waals surface area (Å²) < 4.78 is 12.4. The third-order valence-electron chi connectivity index (χ3n) is 2.89. The number of fused-ring (bicyclic) bond motifs is 1. The molecular weight excluding hydrogens is 318 g/mol. The van der Waals surface area contributed by atoms with Crippen LogP contribution in [0.1, 0.15) is 32.8 Å². The summed E-state index contributed by atoms with van der Waals surface area (Å²) in [5, 5.41) is 3.42. The number of ether oxygens (including phenoxy) is 2. The molecule has 0 bridgehead atoms. The highest BCUT2D eigenvalue weighted by atomic mass is 79.9. The number of nitrogens with one attached hydrogen (secondary N) is 1. The van der Waals surface area contributed by atoms with Crippen LogP contribution in [0, 0.1) is 0 Å². The van der Waals surface area contributed by atoms with Crippen LogP contribution in [-0.4, -0.2) is 25.3 Å². The molecule has 1 N–H and O–H groups in total. The molecule has 110 valence electrons. The molecule has 1 aromatic carbocycles. The molecule has 2 rings (SSSR count). The standard InChI is InChI=1S/C16H22BrNO2/c1-16(2,3)18-7-4-6-12-10-13(17)15-14(11-12)19-8-5-9-20-15/h4,6,10-11,18H,5,7-9H2,1-3H3. The van der Waals surface area contributed by atoms with Gasteiger partial charge in [-0.1, -0.05) is 12.2 Å². The predicted molar refractivity (Wildman–Crippen MR) is 86.5 cm³/mol. The van der Waals surface area contributed by atoms with Crippen LogP contribution in [0.3, 0.4) is 0 Å². The van der Waals surface area contributed by atoms with Crippen LogP contribution in [0.2, 0.25) is 0 Å². The maximum atomic E-state index is 5.73. The van der Waals surface area contributed by atoms with Crippen LogP contribution in [0.4, 0.5) is 0 Å². The Morgan fingerprint density at radius 2 is 2.00 bits per heavy atom. The van der Waals surface area contributed by atoms with Crippen LogP contribution in [0.5, 0.6) is 11.5 Å². The monoisotopic (exact) mass is 339 g/mol. The molecule has 1 aliphatic rings. The van der Waals surface area contributed by atoms with Gasteiger partial charge in [0.2, 0.25) is 0 Å². The van der Waals surface area contributed by atoms with Crippen molar-refractivity contribution in [1.29, 1.82) is 0 Å². The van der Waals surface area contributed by atoms with Gasteiger partial charge in [0.05, 0.1) is 17.7 Å². The zero-order valence-corrected chi connectivity index (χ0v) is 13.9. The zero-order valence-electron chi connectivity index (χ0n) is 12.3. The largest absolute Gasteiger partial charge is 0.489 e. The van der Waals surface area contributed by atoms with E-state index in [-0.39, 0.29) is 5.54 Å². The quantitative estimate of drug-likeness (QED) is 0.902. The van der Waals surface area contributed by atoms with Gasteiger partial charge in [0.1, 0.15) is 0 Å². The summed E-state index contributed by atoms with van der Waals surface area (Å²) in [7, 11) is 0. The minimum atomic E-state index is 0.135. The van der Waals surface area contributed by atoms with Gasteiger partial charge in [-0.3, -0.25) is 0 Å². The molecular formula is C16H22BrNO2. The molecule has 0 radical (unpaired) electrons. The van der Waals surface area contributed by atoms with Crippen molar-refractivity contribution in [3.05, 3.63) is 28.2 Å². The molecule has 0 aromatic heterocycles. The Bertz CT molecular complexity index is 492. The van der Waals surface area contributed by atoms with E-state index in [1.807, 2.05) is 6.07 Å². The van der Waals surface area contributed by atoms with E-state index in [0.29, 0.717) is 13.2 Å². The highest BCUT2D eigenvalue weighted by molar-refractivity contribution is 9.10. The van der Waals surface area contributed by atoms with Crippen LogP contribution in [-0.2, 0) is 0 Å². The average molecular weight is 340 g/mol. The van der Waals surface area contributed by atoms with Crippen molar-refractivity contribution in [2.45, 2.75) is 32.7 Å². The van der Waals surface area contributed by atoms with E-state index in [2.05, 4.69) is 60.2 Å². The average Bonchev–Trinajstić information content (AvgIpc) is 2.59. The molecule has 1 aromatic rings. The lowest BCUT2D eigenvalue weighted by molar-refractivity contribution is 0.296. The van der Waals surface area contributed by atoms with Gasteiger partial charge in [-0.25, -0.2) is 0 Å². The Morgan fingerprint density at radius 3 is 2.75 bits per heavy atom. The Kier molecular flexibility index (Phi) is 5.11. The summed E-state index contributed by atoms with van der Waals surface area (Å²) in [5.74, 6) is 1.63. The molecule has 0 fully saturated rings. The van der Waals surface area contributed by atoms with Gasteiger partial charge in [-0.05, 0) is 54.4 Å². The van der Waals surface area contributed by atoms with Gasteiger partial charge in [0, 0.05) is 18.5 Å². The summed E-state index contributed by atoms with van der Waals surface area (Å²) >= 11 is 3.55. The van der Waals surface area contributed by atoms with Gasteiger partial charge < -0.3 is 14.8 Å². The first-order valence-corrected chi connectivity index (χ1v) is 7.76. The molecule has 1 heterocycles. The number of hydrogen-bond donors (Lipinski definition) is 1. The first-order chi connectivity index (χ1) is 9.46. The van der Waals surface area contributed by atoms with Crippen molar-refractivity contribution in [1.82, 2.24) is 5.32 Å². The van der Waals surface area contributed by atoms with Gasteiger partial charge in [0.15, 0.2) is 11.5 Å². The lowest BCUT2D eigenvalue weighted by atomic mass is 10.1. The first-order valence-electron chi connectivity index (χ1n) is 6.96. The number of hydrogen-bond acceptors (Lipinski definition) is 3. The second-order valence-electron chi connectivity index (χ2n) is 5.91. The number of halogens is 1. The molecule has 0 unspecified atom stereocenters. The number of benzene rings is 1. The van der Waals surface area contributed by atoms with Crippen LogP contribution in [0.25, 0.3) is 6.08 Å². The van der Waals surface area contributed by atoms with E-state index in [1.165, 1.54) is 0 Å². The topological polar surface area (TPSA) is 30.5 Å². The van der Waals surface area contributed by atoms with Crippen molar-refractivity contribution in [3.63, 3.8) is 0 Å². The molecule has 0 aliphatic carbocycles. The Balaban J connectivity index is 2.08. The fourth-order valence-corrected chi connectivity index (χ4v) is 2.48. The van der Waals surface area contributed by atoms with Crippen molar-refractivity contribution >= 4 is 22.0 Å². The minimum Gasteiger partial charge on any atom is -0.489 e. The lowest BCUT2D eigenvalue weighted by Crippen LogP contribution is -2.35. The lowest BCUT2D eigenvalue weighted by Gasteiger charge is -2.18. The highest BCUT2D eigenvalue weighted by Crippen LogP contribution is 2.38. The van der Waals surface area contributed by atoms with E-state index in [1.54, 1.807) is 0 Å². The van der Waals surface area contributed by atoms with E-state index >= 15 is 0 Å². The van der Waals surface area contributed by atoms with Crippen LogP contribution in [0.15, 0.2) is 22.7 Å². The fraction of sp³-hybridized carbons (Fsp3) is 0.500. The third kappa shape index (κ3) is 4.53. The minimum absolute atomic E-state index is 0.135. The van der Waals surface area contributed by atoms with Crippen molar-refractivity contribution in [3.8, 4) is 11.5 Å². The number of rotatable bonds is 3. The van der Waals surface area contributed by atoms with Gasteiger partial charge in [-0.2, -0.15) is 0 Å². The zero-order chi connectivity index (χ0) is 14.6. The van der Waals surface area contributed by atoms with Crippen molar-refractivity contribution < 1.29 is 9.47 Å². The second-order valence-corrected chi connectivity index (χ2v) is 6.77. The maximum absolute atomic E-state index is 5.73. The van der Waals surface area contributed by atoms with E-state index in [9.17, 15) is 0 Å². The molecule has 0 amide bonds. The third-order valence-corrected chi connectivity index (χ3v) is 3.47. The van der Waals surface area contributed by atoms with Gasteiger partial charge in [0.25, 0.3) is 0 Å². The Labute approximate surface area is 129 Å². The molecule has 4 heteroatoms. The summed E-state index contributed by atoms with van der Waals surface area (Å²) in [5.41, 5.74) is 1.24. The molecule has 0 atom stereocenters. The van der Waals surface area contributed by atoms with Gasteiger partial charge >= 0.3 is 0 Å². The van der Waals surface area contributed by atoms with Crippen molar-refractivity contribution in [2.75, 3.05) is 19.8 Å². The molecule has 3 nitrogen and oxygen atoms in total. The van der Waals surface area contributed by atoms with Gasteiger partial charge in [-0.15, -0.1) is 0 Å². The second kappa shape index (κ2) is 6.64. The Hall–Kier alpha value is -1.00. The Morgan fingerprint density at radius 1 is 1.25 bits per heavy atom. The molecule has 0 saturated heterocycles. The smallest absolute Gasteiger partial charge is 0.175 e. The normalized spacial score (nSPS) is 15.4. The summed E-state index contributed by atoms with van der Waals surface area (Å²) in [4.78, 5) is 0. The van der Waals surface area contributed by atoms with Crippen molar-refractivity contribution in [2.24, 2.45) is 0 Å². The van der Waals surface area contributed by atoms with E-state index < -0.39 is 0 Å². The summed E-state index contributed by atoms with van der Waals surface area (Å²) in [6, 6.07) is 4.08. The van der Waals surface area contributed by atoms with Crippen LogP contribution < -0.4 is 14.8 Å². The summed E-state index contributed by atoms with van der Waals surface area (Å²) in [6.07, 6.45) is 5.14. The molecule has 0 spiro atoms. The molecule has 1 aliphatic heterocycles. The SMILES string of the molecule is CC(C)(C)NCC=Cc1cc(Br)c2c(c1)OCCCO2. The first kappa shape index (κ1) is 15.4.